The van der Waals surface area contributed by atoms with Crippen molar-refractivity contribution in [1.29, 1.82) is 0 Å². The maximum Gasteiger partial charge on any atom is 0.254 e. The van der Waals surface area contributed by atoms with Gasteiger partial charge in [0.2, 0.25) is 0 Å². The van der Waals surface area contributed by atoms with E-state index in [-0.39, 0.29) is 5.91 Å². The molecule has 6 heteroatoms. The van der Waals surface area contributed by atoms with Gasteiger partial charge in [-0.25, -0.2) is 5.43 Å². The average molecular weight is 367 g/mol. The Kier molecular flexibility index (Phi) is 6.39. The molecule has 1 saturated heterocycles. The van der Waals surface area contributed by atoms with E-state index in [0.717, 1.165) is 28.8 Å². The Bertz CT molecular complexity index is 539. The summed E-state index contributed by atoms with van der Waals surface area (Å²) in [6.45, 7) is 2.45. The minimum atomic E-state index is -0.0536. The van der Waals surface area contributed by atoms with Crippen LogP contribution in [0.5, 0.6) is 0 Å². The number of nitrogens with one attached hydrogen (secondary N) is 1. The molecule has 0 radical (unpaired) electrons. The zero-order valence-corrected chi connectivity index (χ0v) is 14.8. The average Bonchev–Trinajstić information content (AvgIpc) is 2.48. The Balaban J connectivity index is 1.84. The highest BCUT2D eigenvalue weighted by molar-refractivity contribution is 9.10. The minimum Gasteiger partial charge on any atom is -0.377 e. The van der Waals surface area contributed by atoms with E-state index in [1.165, 1.54) is 19.3 Å². The fourth-order valence-electron chi connectivity index (χ4n) is 2.50. The molecule has 0 atom stereocenters. The number of hydrazone groups is 1. The fourth-order valence-corrected chi connectivity index (χ4v) is 3.25. The number of nitrogens with zero attached hydrogens (tertiary/aromatic N) is 3. The standard InChI is InChI=1S/C16H23BrN4O/c1-20(2)15-7-6-13(10-14(15)17)11-18-19-16(22)12-21-8-4-3-5-9-21/h6-7,10-11H,3-5,8-9,12H2,1-2H3,(H,19,22)/b18-11+. The molecule has 0 aliphatic carbocycles. The third-order valence-electron chi connectivity index (χ3n) is 3.67. The van der Waals surface area contributed by atoms with Gasteiger partial charge in [-0.05, 0) is 59.6 Å². The topological polar surface area (TPSA) is 47.9 Å². The number of carbonyl (C=O) groups is 1. The lowest BCUT2D eigenvalue weighted by Crippen LogP contribution is -2.38. The molecule has 1 aromatic rings. The van der Waals surface area contributed by atoms with Gasteiger partial charge in [0, 0.05) is 18.6 Å². The second-order valence-corrected chi connectivity index (χ2v) is 6.59. The van der Waals surface area contributed by atoms with Crippen LogP contribution in [-0.4, -0.2) is 50.8 Å². The normalized spacial score (nSPS) is 16.0. The van der Waals surface area contributed by atoms with Crippen LogP contribution in [0.25, 0.3) is 0 Å². The van der Waals surface area contributed by atoms with Gasteiger partial charge in [-0.3, -0.25) is 9.69 Å². The summed E-state index contributed by atoms with van der Waals surface area (Å²) in [5.41, 5.74) is 4.64. The van der Waals surface area contributed by atoms with Crippen LogP contribution in [0, 0.1) is 0 Å². The van der Waals surface area contributed by atoms with Gasteiger partial charge in [0.05, 0.1) is 18.4 Å². The van der Waals surface area contributed by atoms with Gasteiger partial charge in [0.1, 0.15) is 0 Å². The Morgan fingerprint density at radius 3 is 2.73 bits per heavy atom. The first-order chi connectivity index (χ1) is 10.6. The summed E-state index contributed by atoms with van der Waals surface area (Å²) >= 11 is 3.54. The fraction of sp³-hybridized carbons (Fsp3) is 0.500. The largest absolute Gasteiger partial charge is 0.377 e. The Morgan fingerprint density at radius 1 is 1.36 bits per heavy atom. The number of carbonyl (C=O) groups excluding carboxylic acids is 1. The van der Waals surface area contributed by atoms with Crippen molar-refractivity contribution in [2.45, 2.75) is 19.3 Å². The number of hydrogen-bond donors (Lipinski definition) is 1. The van der Waals surface area contributed by atoms with Crippen molar-refractivity contribution in [3.05, 3.63) is 28.2 Å². The molecule has 0 aromatic heterocycles. The number of halogens is 1. The molecule has 22 heavy (non-hydrogen) atoms. The molecule has 2 rings (SSSR count). The lowest BCUT2D eigenvalue weighted by atomic mass is 10.1. The van der Waals surface area contributed by atoms with Gasteiger partial charge < -0.3 is 4.90 Å². The summed E-state index contributed by atoms with van der Waals surface area (Å²) in [5, 5.41) is 4.04. The summed E-state index contributed by atoms with van der Waals surface area (Å²) in [6, 6.07) is 5.97. The minimum absolute atomic E-state index is 0.0536. The molecule has 0 unspecified atom stereocenters. The molecule has 120 valence electrons. The van der Waals surface area contributed by atoms with E-state index in [1.807, 2.05) is 37.2 Å². The Morgan fingerprint density at radius 2 is 2.09 bits per heavy atom. The zero-order chi connectivity index (χ0) is 15.9. The SMILES string of the molecule is CN(C)c1ccc(/C=N/NC(=O)CN2CCCCC2)cc1Br. The van der Waals surface area contributed by atoms with Crippen molar-refractivity contribution in [3.8, 4) is 0 Å². The van der Waals surface area contributed by atoms with Crippen molar-refractivity contribution < 1.29 is 4.79 Å². The number of benzene rings is 1. The number of amides is 1. The molecule has 1 amide bonds. The predicted octanol–water partition coefficient (Wildman–Crippen LogP) is 2.45. The first-order valence-electron chi connectivity index (χ1n) is 7.57. The van der Waals surface area contributed by atoms with E-state index < -0.39 is 0 Å². The van der Waals surface area contributed by atoms with E-state index in [2.05, 4.69) is 31.4 Å². The van der Waals surface area contributed by atoms with Crippen molar-refractivity contribution in [1.82, 2.24) is 10.3 Å². The number of anilines is 1. The van der Waals surface area contributed by atoms with Crippen molar-refractivity contribution in [2.75, 3.05) is 38.6 Å². The molecule has 1 heterocycles. The van der Waals surface area contributed by atoms with Crippen LogP contribution < -0.4 is 10.3 Å². The summed E-state index contributed by atoms with van der Waals surface area (Å²) in [6.07, 6.45) is 5.30. The third kappa shape index (κ3) is 5.10. The quantitative estimate of drug-likeness (QED) is 0.643. The second-order valence-electron chi connectivity index (χ2n) is 5.74. The molecule has 0 bridgehead atoms. The molecule has 1 aliphatic rings. The van der Waals surface area contributed by atoms with Gasteiger partial charge in [0.15, 0.2) is 0 Å². The molecule has 0 saturated carbocycles. The van der Waals surface area contributed by atoms with Gasteiger partial charge in [0.25, 0.3) is 5.91 Å². The molecule has 1 N–H and O–H groups in total. The van der Waals surface area contributed by atoms with E-state index in [0.29, 0.717) is 6.54 Å². The molecule has 1 aliphatic heterocycles. The van der Waals surface area contributed by atoms with E-state index in [4.69, 9.17) is 0 Å². The van der Waals surface area contributed by atoms with E-state index in [1.54, 1.807) is 6.21 Å². The number of hydrogen-bond acceptors (Lipinski definition) is 4. The summed E-state index contributed by atoms with van der Waals surface area (Å²) in [4.78, 5) is 16.0. The molecule has 1 fully saturated rings. The molecule has 1 aromatic carbocycles. The second kappa shape index (κ2) is 8.29. The van der Waals surface area contributed by atoms with Crippen LogP contribution in [-0.2, 0) is 4.79 Å². The van der Waals surface area contributed by atoms with Crippen LogP contribution in [0.15, 0.2) is 27.8 Å². The maximum absolute atomic E-state index is 11.8. The van der Waals surface area contributed by atoms with Crippen molar-refractivity contribution in [2.24, 2.45) is 5.10 Å². The number of rotatable bonds is 5. The number of likely N-dealkylation sites (tertiary alicyclic amines) is 1. The van der Waals surface area contributed by atoms with Crippen LogP contribution in [0.2, 0.25) is 0 Å². The van der Waals surface area contributed by atoms with E-state index >= 15 is 0 Å². The van der Waals surface area contributed by atoms with Crippen LogP contribution >= 0.6 is 15.9 Å². The predicted molar refractivity (Wildman–Crippen MR) is 94.5 cm³/mol. The summed E-state index contributed by atoms with van der Waals surface area (Å²) in [7, 11) is 3.99. The van der Waals surface area contributed by atoms with Crippen molar-refractivity contribution >= 4 is 33.7 Å². The van der Waals surface area contributed by atoms with E-state index in [9.17, 15) is 4.79 Å². The Hall–Kier alpha value is -1.40. The molecule has 5 nitrogen and oxygen atoms in total. The van der Waals surface area contributed by atoms with Gasteiger partial charge in [-0.1, -0.05) is 12.5 Å². The van der Waals surface area contributed by atoms with Gasteiger partial charge in [-0.15, -0.1) is 0 Å². The van der Waals surface area contributed by atoms with Crippen LogP contribution in [0.4, 0.5) is 5.69 Å². The zero-order valence-electron chi connectivity index (χ0n) is 13.2. The highest BCUT2D eigenvalue weighted by atomic mass is 79.9. The third-order valence-corrected chi connectivity index (χ3v) is 4.31. The first kappa shape index (κ1) is 17.0. The monoisotopic (exact) mass is 366 g/mol. The summed E-state index contributed by atoms with van der Waals surface area (Å²) in [5.74, 6) is -0.0536. The molecular formula is C16H23BrN4O. The summed E-state index contributed by atoms with van der Waals surface area (Å²) < 4.78 is 1.00. The first-order valence-corrected chi connectivity index (χ1v) is 8.36. The van der Waals surface area contributed by atoms with Crippen molar-refractivity contribution in [3.63, 3.8) is 0 Å². The van der Waals surface area contributed by atoms with Crippen LogP contribution in [0.1, 0.15) is 24.8 Å². The Labute approximate surface area is 140 Å². The molecule has 0 spiro atoms. The molecular weight excluding hydrogens is 344 g/mol. The van der Waals surface area contributed by atoms with Gasteiger partial charge in [-0.2, -0.15) is 5.10 Å². The lowest BCUT2D eigenvalue weighted by Gasteiger charge is -2.25. The smallest absolute Gasteiger partial charge is 0.254 e. The lowest BCUT2D eigenvalue weighted by molar-refractivity contribution is -0.122. The number of piperidine rings is 1. The highest BCUT2D eigenvalue weighted by Gasteiger charge is 2.13. The van der Waals surface area contributed by atoms with Crippen LogP contribution in [0.3, 0.4) is 0 Å². The highest BCUT2D eigenvalue weighted by Crippen LogP contribution is 2.25. The maximum atomic E-state index is 11.8. The van der Waals surface area contributed by atoms with Gasteiger partial charge >= 0.3 is 0 Å².